The summed E-state index contributed by atoms with van der Waals surface area (Å²) in [6.07, 6.45) is 1.83. The molecule has 0 aromatic carbocycles. The van der Waals surface area contributed by atoms with Gasteiger partial charge >= 0.3 is 11.9 Å². The van der Waals surface area contributed by atoms with E-state index in [2.05, 4.69) is 21.3 Å². The number of rotatable bonds is 18. The lowest BCUT2D eigenvalue weighted by Gasteiger charge is -2.22. The monoisotopic (exact) mass is 500 g/mol. The van der Waals surface area contributed by atoms with Crippen LogP contribution in [-0.4, -0.2) is 71.0 Å². The van der Waals surface area contributed by atoms with Gasteiger partial charge in [-0.05, 0) is 24.7 Å². The highest BCUT2D eigenvalue weighted by atomic mass is 16.4. The van der Waals surface area contributed by atoms with Gasteiger partial charge in [-0.2, -0.15) is 0 Å². The molecule has 0 saturated heterocycles. The number of carboxylic acid groups (broad SMARTS) is 2. The normalized spacial score (nSPS) is 12.5. The van der Waals surface area contributed by atoms with Gasteiger partial charge in [0.1, 0.15) is 18.5 Å². The van der Waals surface area contributed by atoms with Crippen molar-refractivity contribution in [3.8, 4) is 0 Å². The Hall–Kier alpha value is -3.18. The van der Waals surface area contributed by atoms with Crippen LogP contribution in [0.3, 0.4) is 0 Å². The van der Waals surface area contributed by atoms with E-state index < -0.39 is 42.3 Å². The minimum Gasteiger partial charge on any atom is -0.481 e. The van der Waals surface area contributed by atoms with Crippen molar-refractivity contribution in [1.82, 2.24) is 21.3 Å². The quantitative estimate of drug-likeness (QED) is 0.115. The Kier molecular flexibility index (Phi) is 15.7. The molecule has 0 aliphatic heterocycles. The van der Waals surface area contributed by atoms with Crippen molar-refractivity contribution in [2.75, 3.05) is 13.1 Å². The zero-order valence-corrected chi connectivity index (χ0v) is 21.0. The maximum atomic E-state index is 12.4. The Labute approximate surface area is 206 Å². The molecule has 0 saturated carbocycles. The van der Waals surface area contributed by atoms with Gasteiger partial charge in [-0.15, -0.1) is 0 Å². The van der Waals surface area contributed by atoms with E-state index in [1.54, 1.807) is 27.7 Å². The maximum absolute atomic E-state index is 12.4. The predicted molar refractivity (Wildman–Crippen MR) is 127 cm³/mol. The standard InChI is InChI=1S/C23H40N4O8/c1-14(2)20(26-16(28)9-10-18(30)31)22(34)24-11-7-5-6-8-12-25-23(35)21(15(3)4)27-17(29)13-19(32)33/h14-15,20-21H,5-13H2,1-4H3,(H,24,34)(H,25,35)(H,26,28)(H,27,29)(H,30,31)(H,32,33)/t20-,21-/m0/s1. The molecular formula is C23H40N4O8. The second-order valence-corrected chi connectivity index (χ2v) is 9.04. The number of hydrogen-bond acceptors (Lipinski definition) is 6. The average molecular weight is 501 g/mol. The molecule has 4 amide bonds. The lowest BCUT2D eigenvalue weighted by atomic mass is 10.0. The van der Waals surface area contributed by atoms with Gasteiger partial charge in [0, 0.05) is 19.5 Å². The summed E-state index contributed by atoms with van der Waals surface area (Å²) in [5.74, 6) is -4.58. The van der Waals surface area contributed by atoms with Gasteiger partial charge in [0.25, 0.3) is 0 Å². The van der Waals surface area contributed by atoms with Crippen LogP contribution in [0, 0.1) is 11.8 Å². The minimum absolute atomic E-state index is 0.157. The first kappa shape index (κ1) is 31.8. The van der Waals surface area contributed by atoms with Crippen molar-refractivity contribution in [2.45, 2.75) is 84.7 Å². The van der Waals surface area contributed by atoms with Gasteiger partial charge in [-0.1, -0.05) is 40.5 Å². The molecule has 0 spiro atoms. The third-order valence-corrected chi connectivity index (χ3v) is 5.11. The topological polar surface area (TPSA) is 191 Å². The summed E-state index contributed by atoms with van der Waals surface area (Å²) in [7, 11) is 0. The molecule has 0 radical (unpaired) electrons. The molecular weight excluding hydrogens is 460 g/mol. The average Bonchev–Trinajstić information content (AvgIpc) is 2.74. The van der Waals surface area contributed by atoms with E-state index in [9.17, 15) is 28.8 Å². The molecule has 0 bridgehead atoms. The molecule has 6 N–H and O–H groups in total. The van der Waals surface area contributed by atoms with E-state index in [0.29, 0.717) is 25.9 Å². The number of aliphatic carboxylic acids is 2. The fraction of sp³-hybridized carbons (Fsp3) is 0.739. The molecule has 0 rings (SSSR count). The van der Waals surface area contributed by atoms with E-state index >= 15 is 0 Å². The molecule has 0 fully saturated rings. The largest absolute Gasteiger partial charge is 0.481 e. The number of hydrogen-bond donors (Lipinski definition) is 6. The summed E-state index contributed by atoms with van der Waals surface area (Å²) in [5.41, 5.74) is 0. The molecule has 0 heterocycles. The van der Waals surface area contributed by atoms with E-state index in [1.807, 2.05) is 0 Å². The van der Waals surface area contributed by atoms with Crippen LogP contribution in [0.5, 0.6) is 0 Å². The summed E-state index contributed by atoms with van der Waals surface area (Å²) in [6, 6.07) is -1.55. The van der Waals surface area contributed by atoms with Crippen LogP contribution < -0.4 is 21.3 Å². The zero-order chi connectivity index (χ0) is 27.0. The van der Waals surface area contributed by atoms with Crippen molar-refractivity contribution in [2.24, 2.45) is 11.8 Å². The SMILES string of the molecule is CC(C)[C@H](NC(=O)CCC(=O)O)C(=O)NCCCCCCNC(=O)[C@@H](NC(=O)CC(=O)O)C(C)C. The lowest BCUT2D eigenvalue weighted by molar-refractivity contribution is -0.142. The van der Waals surface area contributed by atoms with Gasteiger partial charge in [0.2, 0.25) is 23.6 Å². The summed E-state index contributed by atoms with van der Waals surface area (Å²) < 4.78 is 0. The summed E-state index contributed by atoms with van der Waals surface area (Å²) in [6.45, 7) is 7.91. The molecule has 0 aromatic rings. The Bertz CT molecular complexity index is 739. The maximum Gasteiger partial charge on any atom is 0.312 e. The second-order valence-electron chi connectivity index (χ2n) is 9.04. The van der Waals surface area contributed by atoms with E-state index in [0.717, 1.165) is 12.8 Å². The molecule has 200 valence electrons. The lowest BCUT2D eigenvalue weighted by Crippen LogP contribution is -2.50. The van der Waals surface area contributed by atoms with Crippen LogP contribution in [0.15, 0.2) is 0 Å². The second kappa shape index (κ2) is 17.3. The van der Waals surface area contributed by atoms with Gasteiger partial charge in [-0.3, -0.25) is 28.8 Å². The molecule has 12 nitrogen and oxygen atoms in total. The first-order chi connectivity index (χ1) is 16.3. The van der Waals surface area contributed by atoms with Crippen molar-refractivity contribution < 1.29 is 39.0 Å². The van der Waals surface area contributed by atoms with E-state index in [1.165, 1.54) is 0 Å². The molecule has 12 heteroatoms. The minimum atomic E-state index is -1.26. The highest BCUT2D eigenvalue weighted by molar-refractivity contribution is 5.96. The van der Waals surface area contributed by atoms with Crippen molar-refractivity contribution in [3.05, 3.63) is 0 Å². The number of amides is 4. The smallest absolute Gasteiger partial charge is 0.312 e. The molecule has 0 aromatic heterocycles. The van der Waals surface area contributed by atoms with Crippen LogP contribution >= 0.6 is 0 Å². The van der Waals surface area contributed by atoms with Crippen LogP contribution in [0.4, 0.5) is 0 Å². The van der Waals surface area contributed by atoms with Gasteiger partial charge in [0.15, 0.2) is 0 Å². The summed E-state index contributed by atoms with van der Waals surface area (Å²) >= 11 is 0. The number of carbonyl (C=O) groups is 6. The van der Waals surface area contributed by atoms with Crippen molar-refractivity contribution in [3.63, 3.8) is 0 Å². The number of nitrogens with one attached hydrogen (secondary N) is 4. The zero-order valence-electron chi connectivity index (χ0n) is 21.0. The fourth-order valence-corrected chi connectivity index (χ4v) is 3.14. The summed E-state index contributed by atoms with van der Waals surface area (Å²) in [4.78, 5) is 69.3. The predicted octanol–water partition coefficient (Wildman–Crippen LogP) is 0.400. The van der Waals surface area contributed by atoms with E-state index in [4.69, 9.17) is 10.2 Å². The number of carbonyl (C=O) groups excluding carboxylic acids is 4. The molecule has 2 atom stereocenters. The highest BCUT2D eigenvalue weighted by Gasteiger charge is 2.25. The Balaban J connectivity index is 4.19. The molecule has 0 aliphatic rings. The number of carboxylic acids is 2. The van der Waals surface area contributed by atoms with Crippen LogP contribution in [0.2, 0.25) is 0 Å². The third-order valence-electron chi connectivity index (χ3n) is 5.11. The van der Waals surface area contributed by atoms with Crippen LogP contribution in [0.25, 0.3) is 0 Å². The van der Waals surface area contributed by atoms with Gasteiger partial charge in [-0.25, -0.2) is 0 Å². The third kappa shape index (κ3) is 15.4. The molecule has 0 unspecified atom stereocenters. The van der Waals surface area contributed by atoms with Gasteiger partial charge < -0.3 is 31.5 Å². The first-order valence-electron chi connectivity index (χ1n) is 11.9. The van der Waals surface area contributed by atoms with E-state index in [-0.39, 0.29) is 36.5 Å². The first-order valence-corrected chi connectivity index (χ1v) is 11.9. The molecule has 0 aliphatic carbocycles. The van der Waals surface area contributed by atoms with Crippen molar-refractivity contribution >= 4 is 35.6 Å². The van der Waals surface area contributed by atoms with Gasteiger partial charge in [0.05, 0.1) is 6.42 Å². The Morgan fingerprint density at radius 3 is 1.40 bits per heavy atom. The Morgan fingerprint density at radius 1 is 0.600 bits per heavy atom. The Morgan fingerprint density at radius 2 is 1.03 bits per heavy atom. The fourth-order valence-electron chi connectivity index (χ4n) is 3.14. The van der Waals surface area contributed by atoms with Crippen molar-refractivity contribution in [1.29, 1.82) is 0 Å². The molecule has 35 heavy (non-hydrogen) atoms. The van der Waals surface area contributed by atoms with Crippen LogP contribution in [0.1, 0.15) is 72.6 Å². The number of unbranched alkanes of at least 4 members (excludes halogenated alkanes) is 3. The summed E-state index contributed by atoms with van der Waals surface area (Å²) in [5, 5.41) is 27.9. The highest BCUT2D eigenvalue weighted by Crippen LogP contribution is 2.05. The van der Waals surface area contributed by atoms with Crippen LogP contribution in [-0.2, 0) is 28.8 Å².